The maximum atomic E-state index is 5.28. The topological polar surface area (TPSA) is 79.0 Å². The van der Waals surface area contributed by atoms with Crippen molar-refractivity contribution in [1.82, 2.24) is 25.5 Å². The van der Waals surface area contributed by atoms with Crippen molar-refractivity contribution >= 4 is 16.5 Å². The van der Waals surface area contributed by atoms with Crippen molar-refractivity contribution < 1.29 is 4.74 Å². The zero-order valence-electron chi connectivity index (χ0n) is 11.3. The number of anilines is 1. The summed E-state index contributed by atoms with van der Waals surface area (Å²) in [7, 11) is 5.59. The number of ether oxygens (including phenoxy) is 1. The smallest absolute Gasteiger partial charge is 0.230 e. The first kappa shape index (κ1) is 13.8. The molecule has 2 aromatic heterocycles. The van der Waals surface area contributed by atoms with Crippen LogP contribution in [0.5, 0.6) is 5.88 Å². The van der Waals surface area contributed by atoms with E-state index in [0.29, 0.717) is 5.88 Å². The van der Waals surface area contributed by atoms with Crippen molar-refractivity contribution in [3.8, 4) is 5.88 Å². The molecule has 0 spiro atoms. The molecule has 0 saturated carbocycles. The number of methoxy groups -OCH3 is 1. The lowest BCUT2D eigenvalue weighted by Crippen LogP contribution is -2.17. The molecule has 104 valence electrons. The molecule has 0 bridgehead atoms. The molecule has 0 aliphatic carbocycles. The van der Waals surface area contributed by atoms with Crippen molar-refractivity contribution in [3.63, 3.8) is 0 Å². The zero-order chi connectivity index (χ0) is 13.7. The van der Waals surface area contributed by atoms with Gasteiger partial charge in [0, 0.05) is 33.6 Å². The summed E-state index contributed by atoms with van der Waals surface area (Å²) in [6, 6.07) is 0. The first-order valence-electron chi connectivity index (χ1n) is 5.96. The number of aromatic nitrogens is 4. The number of hydrogen-bond donors (Lipinski definition) is 2. The standard InChI is InChI=1S/C11H18N6OS/c1-17(2)11-15-10(18-3)8(19-11)6-12-5-4-9-13-7-14-16-9/h7,12H,4-6H2,1-3H3,(H,13,14,16). The van der Waals surface area contributed by atoms with Crippen LogP contribution in [0.3, 0.4) is 0 Å². The minimum Gasteiger partial charge on any atom is -0.480 e. The zero-order valence-corrected chi connectivity index (χ0v) is 12.1. The predicted octanol–water partition coefficient (Wildman–Crippen LogP) is 0.668. The van der Waals surface area contributed by atoms with Crippen LogP contribution < -0.4 is 15.0 Å². The van der Waals surface area contributed by atoms with Gasteiger partial charge in [-0.2, -0.15) is 10.1 Å². The SMILES string of the molecule is COc1nc(N(C)C)sc1CNCCc1ncn[nH]1. The number of aromatic amines is 1. The number of nitrogens with one attached hydrogen (secondary N) is 2. The second kappa shape index (κ2) is 6.48. The third-order valence-electron chi connectivity index (χ3n) is 2.52. The molecule has 0 aliphatic rings. The van der Waals surface area contributed by atoms with Crippen molar-refractivity contribution in [2.45, 2.75) is 13.0 Å². The highest BCUT2D eigenvalue weighted by Crippen LogP contribution is 2.29. The average Bonchev–Trinajstić information content (AvgIpc) is 3.03. The summed E-state index contributed by atoms with van der Waals surface area (Å²) in [6.45, 7) is 1.57. The van der Waals surface area contributed by atoms with Crippen molar-refractivity contribution in [2.24, 2.45) is 0 Å². The molecule has 0 fully saturated rings. The summed E-state index contributed by atoms with van der Waals surface area (Å²) in [4.78, 5) is 11.6. The van der Waals surface area contributed by atoms with E-state index in [9.17, 15) is 0 Å². The predicted molar refractivity (Wildman–Crippen MR) is 74.8 cm³/mol. The fourth-order valence-corrected chi connectivity index (χ4v) is 2.47. The number of rotatable bonds is 7. The first-order chi connectivity index (χ1) is 9.20. The second-order valence-corrected chi connectivity index (χ2v) is 5.24. The molecule has 0 radical (unpaired) electrons. The van der Waals surface area contributed by atoms with Crippen molar-refractivity contribution in [3.05, 3.63) is 17.0 Å². The van der Waals surface area contributed by atoms with E-state index in [-0.39, 0.29) is 0 Å². The van der Waals surface area contributed by atoms with Crippen LogP contribution in [0.2, 0.25) is 0 Å². The van der Waals surface area contributed by atoms with Gasteiger partial charge in [0.05, 0.1) is 12.0 Å². The average molecular weight is 282 g/mol. The van der Waals surface area contributed by atoms with Gasteiger partial charge in [0.1, 0.15) is 12.2 Å². The van der Waals surface area contributed by atoms with Gasteiger partial charge in [0.15, 0.2) is 5.13 Å². The maximum absolute atomic E-state index is 5.28. The molecular formula is C11H18N6OS. The van der Waals surface area contributed by atoms with E-state index in [4.69, 9.17) is 4.74 Å². The number of nitrogens with zero attached hydrogens (tertiary/aromatic N) is 4. The summed E-state index contributed by atoms with van der Waals surface area (Å²) >= 11 is 1.63. The molecule has 2 rings (SSSR count). The van der Waals surface area contributed by atoms with Gasteiger partial charge in [0.25, 0.3) is 0 Å². The van der Waals surface area contributed by atoms with Gasteiger partial charge >= 0.3 is 0 Å². The maximum Gasteiger partial charge on any atom is 0.230 e. The highest BCUT2D eigenvalue weighted by molar-refractivity contribution is 7.15. The van der Waals surface area contributed by atoms with Crippen LogP contribution in [0.4, 0.5) is 5.13 Å². The van der Waals surface area contributed by atoms with Crippen LogP contribution >= 0.6 is 11.3 Å². The molecule has 2 aromatic rings. The van der Waals surface area contributed by atoms with Crippen LogP contribution in [0, 0.1) is 0 Å². The van der Waals surface area contributed by atoms with Crippen LogP contribution in [0.15, 0.2) is 6.33 Å². The third-order valence-corrected chi connectivity index (χ3v) is 3.72. The van der Waals surface area contributed by atoms with E-state index >= 15 is 0 Å². The Balaban J connectivity index is 1.84. The lowest BCUT2D eigenvalue weighted by atomic mass is 10.4. The Hall–Kier alpha value is -1.67. The molecule has 0 amide bonds. The molecule has 0 unspecified atom stereocenters. The van der Waals surface area contributed by atoms with Gasteiger partial charge in [-0.3, -0.25) is 5.10 Å². The van der Waals surface area contributed by atoms with Crippen molar-refractivity contribution in [2.75, 3.05) is 32.6 Å². The Labute approximate surface area is 116 Å². The number of H-pyrrole nitrogens is 1. The minimum absolute atomic E-state index is 0.695. The Bertz CT molecular complexity index is 495. The molecule has 7 nitrogen and oxygen atoms in total. The molecular weight excluding hydrogens is 264 g/mol. The van der Waals surface area contributed by atoms with Gasteiger partial charge in [-0.15, -0.1) is 0 Å². The van der Waals surface area contributed by atoms with Gasteiger partial charge in [-0.25, -0.2) is 4.98 Å². The van der Waals surface area contributed by atoms with E-state index in [2.05, 4.69) is 25.5 Å². The lowest BCUT2D eigenvalue weighted by molar-refractivity contribution is 0.395. The fourth-order valence-electron chi connectivity index (χ4n) is 1.55. The summed E-state index contributed by atoms with van der Waals surface area (Å²) < 4.78 is 5.28. The summed E-state index contributed by atoms with van der Waals surface area (Å²) in [5.41, 5.74) is 0. The van der Waals surface area contributed by atoms with Crippen LogP contribution in [-0.2, 0) is 13.0 Å². The second-order valence-electron chi connectivity index (χ2n) is 4.18. The molecule has 0 saturated heterocycles. The molecule has 0 atom stereocenters. The molecule has 2 N–H and O–H groups in total. The summed E-state index contributed by atoms with van der Waals surface area (Å²) in [5.74, 6) is 1.58. The first-order valence-corrected chi connectivity index (χ1v) is 6.78. The third kappa shape index (κ3) is 3.65. The van der Waals surface area contributed by atoms with Gasteiger partial charge < -0.3 is 15.0 Å². The van der Waals surface area contributed by atoms with Gasteiger partial charge in [-0.05, 0) is 0 Å². The van der Waals surface area contributed by atoms with Gasteiger partial charge in [0.2, 0.25) is 5.88 Å². The van der Waals surface area contributed by atoms with Crippen LogP contribution in [0.25, 0.3) is 0 Å². The van der Waals surface area contributed by atoms with Gasteiger partial charge in [-0.1, -0.05) is 11.3 Å². The van der Waals surface area contributed by atoms with E-state index in [0.717, 1.165) is 35.3 Å². The monoisotopic (exact) mass is 282 g/mol. The largest absolute Gasteiger partial charge is 0.480 e. The molecule has 8 heteroatoms. The fraction of sp³-hybridized carbons (Fsp3) is 0.545. The Morgan fingerprint density at radius 1 is 1.47 bits per heavy atom. The van der Waals surface area contributed by atoms with Crippen molar-refractivity contribution in [1.29, 1.82) is 0 Å². The number of thiazole rings is 1. The lowest BCUT2D eigenvalue weighted by Gasteiger charge is -2.05. The molecule has 19 heavy (non-hydrogen) atoms. The minimum atomic E-state index is 0.695. The Morgan fingerprint density at radius 3 is 2.95 bits per heavy atom. The molecule has 2 heterocycles. The van der Waals surface area contributed by atoms with E-state index < -0.39 is 0 Å². The number of hydrogen-bond acceptors (Lipinski definition) is 7. The van der Waals surface area contributed by atoms with Crippen LogP contribution in [-0.4, -0.2) is 47.9 Å². The van der Waals surface area contributed by atoms with E-state index in [1.807, 2.05) is 19.0 Å². The molecule has 0 aromatic carbocycles. The summed E-state index contributed by atoms with van der Waals surface area (Å²) in [5, 5.41) is 10.9. The molecule has 0 aliphatic heterocycles. The highest BCUT2D eigenvalue weighted by atomic mass is 32.1. The van der Waals surface area contributed by atoms with E-state index in [1.165, 1.54) is 6.33 Å². The highest BCUT2D eigenvalue weighted by Gasteiger charge is 2.12. The Kier molecular flexibility index (Phi) is 4.69. The van der Waals surface area contributed by atoms with E-state index in [1.54, 1.807) is 18.4 Å². The van der Waals surface area contributed by atoms with Crippen LogP contribution in [0.1, 0.15) is 10.7 Å². The Morgan fingerprint density at radius 2 is 2.32 bits per heavy atom. The quantitative estimate of drug-likeness (QED) is 0.727. The normalized spacial score (nSPS) is 10.7. The summed E-state index contributed by atoms with van der Waals surface area (Å²) in [6.07, 6.45) is 2.34.